The Morgan fingerprint density at radius 1 is 1.60 bits per heavy atom. The summed E-state index contributed by atoms with van der Waals surface area (Å²) >= 11 is 2.06. The van der Waals surface area contributed by atoms with Gasteiger partial charge in [0.15, 0.2) is 0 Å². The Morgan fingerprint density at radius 2 is 2.20 bits per heavy atom. The first-order chi connectivity index (χ1) is 4.58. The van der Waals surface area contributed by atoms with E-state index in [-0.39, 0.29) is 5.91 Å². The largest absolute Gasteiger partial charge is 0.323 e. The molecule has 5 heteroatoms. The van der Waals surface area contributed by atoms with Gasteiger partial charge in [0.1, 0.15) is 5.54 Å². The quantitative estimate of drug-likeness (QED) is 0.393. The normalized spacial score (nSPS) is 31.8. The fourth-order valence-electron chi connectivity index (χ4n) is 0.674. The van der Waals surface area contributed by atoms with Crippen LogP contribution in [0, 0.1) is 0 Å². The van der Waals surface area contributed by atoms with Crippen molar-refractivity contribution in [2.75, 3.05) is 4.43 Å². The Morgan fingerprint density at radius 3 is 2.40 bits per heavy atom. The maximum atomic E-state index is 10.9. The maximum Gasteiger partial charge on any atom is 0.322 e. The summed E-state index contributed by atoms with van der Waals surface area (Å²) in [5, 5.41) is 4.69. The van der Waals surface area contributed by atoms with E-state index >= 15 is 0 Å². The summed E-state index contributed by atoms with van der Waals surface area (Å²) in [5.74, 6) is -0.244. The summed E-state index contributed by atoms with van der Waals surface area (Å²) in [6.07, 6.45) is 0. The van der Waals surface area contributed by atoms with E-state index in [4.69, 9.17) is 0 Å². The lowest BCUT2D eigenvalue weighted by Crippen LogP contribution is -2.45. The Bertz CT molecular complexity index is 194. The standard InChI is InChI=1S/C5H7IN2O2/c1-5(2-6)3(9)7-4(10)8-5/h2H2,1H3,(H2,7,8,9,10). The first-order valence-corrected chi connectivity index (χ1v) is 4.30. The van der Waals surface area contributed by atoms with Gasteiger partial charge >= 0.3 is 6.03 Å². The zero-order chi connectivity index (χ0) is 7.78. The molecule has 1 aliphatic rings. The molecule has 0 bridgehead atoms. The first-order valence-electron chi connectivity index (χ1n) is 2.78. The van der Waals surface area contributed by atoms with Gasteiger partial charge in [-0.15, -0.1) is 0 Å². The lowest BCUT2D eigenvalue weighted by atomic mass is 10.1. The van der Waals surface area contributed by atoms with Gasteiger partial charge in [-0.1, -0.05) is 22.6 Å². The molecule has 0 aromatic carbocycles. The van der Waals surface area contributed by atoms with E-state index in [1.807, 2.05) is 0 Å². The van der Waals surface area contributed by atoms with Crippen molar-refractivity contribution in [2.45, 2.75) is 12.5 Å². The second-order valence-electron chi connectivity index (χ2n) is 2.37. The molecule has 0 aromatic heterocycles. The van der Waals surface area contributed by atoms with Gasteiger partial charge in [0.05, 0.1) is 0 Å². The number of hydrogen-bond acceptors (Lipinski definition) is 2. The van der Waals surface area contributed by atoms with Crippen LogP contribution in [0.4, 0.5) is 4.79 Å². The summed E-state index contributed by atoms with van der Waals surface area (Å²) in [5.41, 5.74) is -0.697. The van der Waals surface area contributed by atoms with Crippen LogP contribution in [0.1, 0.15) is 6.92 Å². The number of carbonyl (C=O) groups excluding carboxylic acids is 2. The zero-order valence-corrected chi connectivity index (χ0v) is 7.56. The molecule has 1 fully saturated rings. The molecule has 1 saturated heterocycles. The molecule has 0 aliphatic carbocycles. The maximum absolute atomic E-state index is 10.9. The fourth-order valence-corrected chi connectivity index (χ4v) is 1.21. The molecule has 0 aromatic rings. The van der Waals surface area contributed by atoms with E-state index in [9.17, 15) is 9.59 Å². The number of nitrogens with one attached hydrogen (secondary N) is 2. The highest BCUT2D eigenvalue weighted by atomic mass is 127. The van der Waals surface area contributed by atoms with E-state index in [0.29, 0.717) is 4.43 Å². The van der Waals surface area contributed by atoms with Crippen molar-refractivity contribution in [3.63, 3.8) is 0 Å². The first kappa shape index (κ1) is 7.77. The Labute approximate surface area is 71.9 Å². The average molecular weight is 254 g/mol. The Balaban J connectivity index is 2.80. The summed E-state index contributed by atoms with van der Waals surface area (Å²) in [6, 6.07) is -0.399. The minimum absolute atomic E-state index is 0.244. The van der Waals surface area contributed by atoms with Gasteiger partial charge in [-0.3, -0.25) is 10.1 Å². The van der Waals surface area contributed by atoms with Crippen molar-refractivity contribution in [3.8, 4) is 0 Å². The van der Waals surface area contributed by atoms with Crippen LogP contribution in [0.5, 0.6) is 0 Å². The lowest BCUT2D eigenvalue weighted by Gasteiger charge is -2.15. The van der Waals surface area contributed by atoms with Gasteiger partial charge in [-0.2, -0.15) is 0 Å². The topological polar surface area (TPSA) is 58.2 Å². The molecule has 2 N–H and O–H groups in total. The van der Waals surface area contributed by atoms with Crippen molar-refractivity contribution in [2.24, 2.45) is 0 Å². The smallest absolute Gasteiger partial charge is 0.322 e. The van der Waals surface area contributed by atoms with Gasteiger partial charge in [0.2, 0.25) is 0 Å². The molecular formula is C5H7IN2O2. The highest BCUT2D eigenvalue weighted by Gasteiger charge is 2.40. The van der Waals surface area contributed by atoms with E-state index in [2.05, 4.69) is 33.2 Å². The van der Waals surface area contributed by atoms with E-state index in [0.717, 1.165) is 0 Å². The van der Waals surface area contributed by atoms with Crippen molar-refractivity contribution < 1.29 is 9.59 Å². The number of rotatable bonds is 1. The minimum Gasteiger partial charge on any atom is -0.323 e. The molecule has 1 rings (SSSR count). The van der Waals surface area contributed by atoms with Gasteiger partial charge in [-0.25, -0.2) is 4.79 Å². The highest BCUT2D eigenvalue weighted by Crippen LogP contribution is 2.12. The Kier molecular flexibility index (Phi) is 1.84. The predicted molar refractivity (Wildman–Crippen MR) is 44.0 cm³/mol. The van der Waals surface area contributed by atoms with Crippen LogP contribution < -0.4 is 10.6 Å². The van der Waals surface area contributed by atoms with Crippen LogP contribution in [0.3, 0.4) is 0 Å². The van der Waals surface area contributed by atoms with Crippen LogP contribution in [-0.4, -0.2) is 21.9 Å². The number of carbonyl (C=O) groups is 2. The van der Waals surface area contributed by atoms with E-state index in [1.54, 1.807) is 6.92 Å². The number of urea groups is 1. The number of amides is 3. The minimum atomic E-state index is -0.697. The highest BCUT2D eigenvalue weighted by molar-refractivity contribution is 14.1. The molecule has 3 amide bonds. The van der Waals surface area contributed by atoms with E-state index in [1.165, 1.54) is 0 Å². The van der Waals surface area contributed by atoms with Crippen molar-refractivity contribution in [1.82, 2.24) is 10.6 Å². The molecule has 4 nitrogen and oxygen atoms in total. The monoisotopic (exact) mass is 254 g/mol. The summed E-state index contributed by atoms with van der Waals surface area (Å²) in [7, 11) is 0. The number of halogens is 1. The lowest BCUT2D eigenvalue weighted by molar-refractivity contribution is -0.122. The second kappa shape index (κ2) is 2.37. The third-order valence-electron chi connectivity index (χ3n) is 1.38. The van der Waals surface area contributed by atoms with Crippen LogP contribution in [0.2, 0.25) is 0 Å². The summed E-state index contributed by atoms with van der Waals surface area (Å²) in [4.78, 5) is 21.5. The summed E-state index contributed by atoms with van der Waals surface area (Å²) in [6.45, 7) is 1.69. The third kappa shape index (κ3) is 1.09. The number of alkyl halides is 1. The van der Waals surface area contributed by atoms with Crippen LogP contribution in [-0.2, 0) is 4.79 Å². The number of imide groups is 1. The Hall–Kier alpha value is -0.330. The fraction of sp³-hybridized carbons (Fsp3) is 0.600. The summed E-state index contributed by atoms with van der Waals surface area (Å²) < 4.78 is 0.586. The molecule has 1 atom stereocenters. The molecule has 1 aliphatic heterocycles. The van der Waals surface area contributed by atoms with Gasteiger partial charge < -0.3 is 5.32 Å². The van der Waals surface area contributed by atoms with Gasteiger partial charge in [-0.05, 0) is 6.92 Å². The zero-order valence-electron chi connectivity index (χ0n) is 5.40. The molecule has 56 valence electrons. The van der Waals surface area contributed by atoms with Crippen molar-refractivity contribution in [1.29, 1.82) is 0 Å². The van der Waals surface area contributed by atoms with Crippen LogP contribution in [0.25, 0.3) is 0 Å². The predicted octanol–water partition coefficient (Wildman–Crippen LogP) is 0.0195. The second-order valence-corrected chi connectivity index (χ2v) is 3.14. The number of hydrogen-bond donors (Lipinski definition) is 2. The van der Waals surface area contributed by atoms with Crippen LogP contribution >= 0.6 is 22.6 Å². The SMILES string of the molecule is CC1(CI)NC(=O)NC1=O. The molecule has 1 unspecified atom stereocenters. The van der Waals surface area contributed by atoms with Crippen molar-refractivity contribution in [3.05, 3.63) is 0 Å². The van der Waals surface area contributed by atoms with Crippen LogP contribution in [0.15, 0.2) is 0 Å². The van der Waals surface area contributed by atoms with E-state index < -0.39 is 11.6 Å². The molecular weight excluding hydrogens is 247 g/mol. The molecule has 0 saturated carbocycles. The van der Waals surface area contributed by atoms with Crippen molar-refractivity contribution >= 4 is 34.5 Å². The third-order valence-corrected chi connectivity index (χ3v) is 2.91. The average Bonchev–Trinajstić information content (AvgIpc) is 2.09. The molecule has 1 heterocycles. The molecule has 0 radical (unpaired) electrons. The van der Waals surface area contributed by atoms with Gasteiger partial charge in [0, 0.05) is 4.43 Å². The molecule has 0 spiro atoms. The molecule has 10 heavy (non-hydrogen) atoms. The van der Waals surface area contributed by atoms with Gasteiger partial charge in [0.25, 0.3) is 5.91 Å².